The van der Waals surface area contributed by atoms with Crippen molar-refractivity contribution in [3.63, 3.8) is 0 Å². The largest absolute Gasteiger partial charge is 0.354 e. The Labute approximate surface area is 108 Å². The molecule has 1 aliphatic rings. The SMILES string of the molecule is CC1CN(c2ncnc(NN)c2[N+](=O)[O-])CCS1. The highest BCUT2D eigenvalue weighted by Gasteiger charge is 2.29. The minimum absolute atomic E-state index is 0.0379. The summed E-state index contributed by atoms with van der Waals surface area (Å²) in [5.74, 6) is 6.54. The van der Waals surface area contributed by atoms with Crippen LogP contribution in [0.4, 0.5) is 17.3 Å². The summed E-state index contributed by atoms with van der Waals surface area (Å²) < 4.78 is 0. The van der Waals surface area contributed by atoms with E-state index in [1.807, 2.05) is 16.7 Å². The first-order valence-electron chi connectivity index (χ1n) is 5.46. The second kappa shape index (κ2) is 5.36. The van der Waals surface area contributed by atoms with Crippen molar-refractivity contribution in [2.75, 3.05) is 29.2 Å². The summed E-state index contributed by atoms with van der Waals surface area (Å²) >= 11 is 1.85. The molecule has 2 rings (SSSR count). The van der Waals surface area contributed by atoms with Crippen molar-refractivity contribution >= 4 is 29.1 Å². The molecule has 0 aromatic carbocycles. The summed E-state index contributed by atoms with van der Waals surface area (Å²) in [6.45, 7) is 3.55. The Bertz CT molecular complexity index is 457. The molecule has 0 aliphatic carbocycles. The van der Waals surface area contributed by atoms with Gasteiger partial charge in [0, 0.05) is 24.1 Å². The molecule has 2 heterocycles. The van der Waals surface area contributed by atoms with Crippen LogP contribution in [0.15, 0.2) is 6.33 Å². The fourth-order valence-electron chi connectivity index (χ4n) is 1.89. The Morgan fingerprint density at radius 3 is 3.06 bits per heavy atom. The summed E-state index contributed by atoms with van der Waals surface area (Å²) in [4.78, 5) is 20.3. The van der Waals surface area contributed by atoms with Crippen LogP contribution in [0.5, 0.6) is 0 Å². The number of anilines is 2. The Kier molecular flexibility index (Phi) is 3.82. The Morgan fingerprint density at radius 1 is 1.67 bits per heavy atom. The van der Waals surface area contributed by atoms with Crippen molar-refractivity contribution in [1.82, 2.24) is 9.97 Å². The molecular formula is C9H14N6O2S. The Hall–Kier alpha value is -1.61. The van der Waals surface area contributed by atoms with Gasteiger partial charge in [-0.15, -0.1) is 0 Å². The van der Waals surface area contributed by atoms with Gasteiger partial charge in [-0.25, -0.2) is 15.8 Å². The lowest BCUT2D eigenvalue weighted by atomic mass is 10.3. The van der Waals surface area contributed by atoms with Crippen LogP contribution in [0.3, 0.4) is 0 Å². The molecule has 8 nitrogen and oxygen atoms in total. The van der Waals surface area contributed by atoms with Gasteiger partial charge in [-0.05, 0) is 0 Å². The molecule has 0 saturated carbocycles. The maximum Gasteiger partial charge on any atom is 0.354 e. The molecule has 0 bridgehead atoms. The van der Waals surface area contributed by atoms with E-state index in [0.717, 1.165) is 18.8 Å². The van der Waals surface area contributed by atoms with Crippen LogP contribution >= 0.6 is 11.8 Å². The summed E-state index contributed by atoms with van der Waals surface area (Å²) in [5, 5.41) is 11.5. The lowest BCUT2D eigenvalue weighted by Crippen LogP contribution is -2.37. The van der Waals surface area contributed by atoms with E-state index < -0.39 is 4.92 Å². The van der Waals surface area contributed by atoms with E-state index in [2.05, 4.69) is 22.3 Å². The highest BCUT2D eigenvalue weighted by molar-refractivity contribution is 8.00. The number of rotatable bonds is 3. The Morgan fingerprint density at radius 2 is 2.44 bits per heavy atom. The van der Waals surface area contributed by atoms with Crippen molar-refractivity contribution < 1.29 is 4.92 Å². The van der Waals surface area contributed by atoms with Crippen molar-refractivity contribution in [2.45, 2.75) is 12.2 Å². The van der Waals surface area contributed by atoms with Gasteiger partial charge in [0.1, 0.15) is 6.33 Å². The number of nitrogen functional groups attached to an aromatic ring is 1. The summed E-state index contributed by atoms with van der Waals surface area (Å²) in [5.41, 5.74) is 2.08. The first-order chi connectivity index (χ1) is 8.63. The van der Waals surface area contributed by atoms with Gasteiger partial charge in [0.15, 0.2) is 0 Å². The number of hydrogen-bond donors (Lipinski definition) is 2. The average molecular weight is 270 g/mol. The number of hydrazine groups is 1. The molecule has 98 valence electrons. The van der Waals surface area contributed by atoms with Crippen LogP contribution in [0.25, 0.3) is 0 Å². The average Bonchev–Trinajstić information content (AvgIpc) is 2.37. The van der Waals surface area contributed by atoms with Gasteiger partial charge in [-0.2, -0.15) is 11.8 Å². The number of hydrogen-bond acceptors (Lipinski definition) is 8. The minimum Gasteiger partial charge on any atom is -0.349 e. The van der Waals surface area contributed by atoms with Crippen molar-refractivity contribution in [1.29, 1.82) is 0 Å². The maximum atomic E-state index is 11.1. The zero-order valence-corrected chi connectivity index (χ0v) is 10.7. The number of nitro groups is 1. The van der Waals surface area contributed by atoms with Gasteiger partial charge >= 0.3 is 5.69 Å². The number of nitrogens with one attached hydrogen (secondary N) is 1. The van der Waals surface area contributed by atoms with Crippen LogP contribution in [0, 0.1) is 10.1 Å². The first kappa shape index (κ1) is 12.8. The van der Waals surface area contributed by atoms with E-state index in [4.69, 9.17) is 5.84 Å². The number of thioether (sulfide) groups is 1. The third kappa shape index (κ3) is 2.46. The summed E-state index contributed by atoms with van der Waals surface area (Å²) in [6.07, 6.45) is 1.28. The molecule has 0 amide bonds. The van der Waals surface area contributed by atoms with E-state index in [1.54, 1.807) is 0 Å². The normalized spacial score (nSPS) is 19.7. The van der Waals surface area contributed by atoms with Gasteiger partial charge in [0.2, 0.25) is 11.6 Å². The van der Waals surface area contributed by atoms with E-state index in [1.165, 1.54) is 6.33 Å². The highest BCUT2D eigenvalue weighted by atomic mass is 32.2. The lowest BCUT2D eigenvalue weighted by Gasteiger charge is -2.31. The van der Waals surface area contributed by atoms with Gasteiger partial charge in [0.05, 0.1) is 4.92 Å². The molecule has 0 spiro atoms. The van der Waals surface area contributed by atoms with Gasteiger partial charge in [-0.1, -0.05) is 6.92 Å². The van der Waals surface area contributed by atoms with Crippen LogP contribution in [0.2, 0.25) is 0 Å². The fraction of sp³-hybridized carbons (Fsp3) is 0.556. The van der Waals surface area contributed by atoms with Crippen LogP contribution in [0.1, 0.15) is 6.92 Å². The number of nitrogens with two attached hydrogens (primary N) is 1. The lowest BCUT2D eigenvalue weighted by molar-refractivity contribution is -0.383. The molecule has 0 radical (unpaired) electrons. The standard InChI is InChI=1S/C9H14N6O2S/c1-6-4-14(2-3-18-6)9-7(15(16)17)8(13-10)11-5-12-9/h5-6H,2-4,10H2,1H3,(H,11,12,13). The van der Waals surface area contributed by atoms with Crippen LogP contribution in [-0.4, -0.2) is 39.0 Å². The van der Waals surface area contributed by atoms with E-state index in [9.17, 15) is 10.1 Å². The second-order valence-corrected chi connectivity index (χ2v) is 5.47. The smallest absolute Gasteiger partial charge is 0.349 e. The zero-order chi connectivity index (χ0) is 13.1. The molecule has 3 N–H and O–H groups in total. The van der Waals surface area contributed by atoms with Gasteiger partial charge in [0.25, 0.3) is 0 Å². The maximum absolute atomic E-state index is 11.1. The fourth-order valence-corrected chi connectivity index (χ4v) is 2.90. The molecule has 18 heavy (non-hydrogen) atoms. The van der Waals surface area contributed by atoms with Gasteiger partial charge in [-0.3, -0.25) is 10.1 Å². The molecule has 1 unspecified atom stereocenters. The quantitative estimate of drug-likeness (QED) is 0.467. The molecule has 1 aromatic rings. The summed E-state index contributed by atoms with van der Waals surface area (Å²) in [7, 11) is 0. The Balaban J connectivity index is 2.40. The van der Waals surface area contributed by atoms with Crippen molar-refractivity contribution in [2.24, 2.45) is 5.84 Å². The zero-order valence-electron chi connectivity index (χ0n) is 9.87. The summed E-state index contributed by atoms with van der Waals surface area (Å²) in [6, 6.07) is 0. The van der Waals surface area contributed by atoms with Crippen molar-refractivity contribution in [3.8, 4) is 0 Å². The van der Waals surface area contributed by atoms with Crippen LogP contribution < -0.4 is 16.2 Å². The first-order valence-corrected chi connectivity index (χ1v) is 6.51. The number of nitrogens with zero attached hydrogens (tertiary/aromatic N) is 4. The molecular weight excluding hydrogens is 256 g/mol. The molecule has 1 fully saturated rings. The minimum atomic E-state index is -0.503. The predicted octanol–water partition coefficient (Wildman–Crippen LogP) is 0.612. The molecule has 1 aliphatic heterocycles. The van der Waals surface area contributed by atoms with E-state index >= 15 is 0 Å². The monoisotopic (exact) mass is 270 g/mol. The second-order valence-electron chi connectivity index (χ2n) is 3.92. The number of aromatic nitrogens is 2. The molecule has 1 aromatic heterocycles. The highest BCUT2D eigenvalue weighted by Crippen LogP contribution is 2.33. The molecule has 1 atom stereocenters. The third-order valence-electron chi connectivity index (χ3n) is 2.66. The topological polar surface area (TPSA) is 110 Å². The predicted molar refractivity (Wildman–Crippen MR) is 70.6 cm³/mol. The van der Waals surface area contributed by atoms with Gasteiger partial charge < -0.3 is 10.3 Å². The van der Waals surface area contributed by atoms with E-state index in [0.29, 0.717) is 11.1 Å². The van der Waals surface area contributed by atoms with Crippen molar-refractivity contribution in [3.05, 3.63) is 16.4 Å². The molecule has 9 heteroatoms. The van der Waals surface area contributed by atoms with Crippen LogP contribution in [-0.2, 0) is 0 Å². The van der Waals surface area contributed by atoms with E-state index in [-0.39, 0.29) is 11.5 Å². The third-order valence-corrected chi connectivity index (χ3v) is 3.80. The molecule has 1 saturated heterocycles.